The minimum Gasteiger partial charge on any atom is -0.457 e. The SMILES string of the molecule is NCCc1ccc(Oc2cc(F)cc(F)c2)cc1Cl. The third kappa shape index (κ3) is 3.66. The Balaban J connectivity index is 2.21. The lowest BCUT2D eigenvalue weighted by atomic mass is 10.1. The van der Waals surface area contributed by atoms with Crippen molar-refractivity contribution in [1.82, 2.24) is 0 Å². The second-order valence-corrected chi connectivity index (χ2v) is 4.41. The fourth-order valence-electron chi connectivity index (χ4n) is 1.67. The standard InChI is InChI=1S/C14H12ClF2NO/c15-14-8-12(2-1-9(14)3-4-18)19-13-6-10(16)5-11(17)7-13/h1-2,5-8H,3-4,18H2. The van der Waals surface area contributed by atoms with E-state index >= 15 is 0 Å². The van der Waals surface area contributed by atoms with Crippen LogP contribution in [0.25, 0.3) is 0 Å². The fourth-order valence-corrected chi connectivity index (χ4v) is 1.94. The third-order valence-corrected chi connectivity index (χ3v) is 2.86. The number of benzene rings is 2. The molecule has 2 N–H and O–H groups in total. The molecule has 2 aromatic carbocycles. The lowest BCUT2D eigenvalue weighted by Gasteiger charge is -2.08. The number of hydrogen-bond acceptors (Lipinski definition) is 2. The second kappa shape index (κ2) is 5.99. The first kappa shape index (κ1) is 13.8. The highest BCUT2D eigenvalue weighted by Gasteiger charge is 2.05. The van der Waals surface area contributed by atoms with Crippen molar-refractivity contribution >= 4 is 11.6 Å². The molecule has 0 heterocycles. The van der Waals surface area contributed by atoms with E-state index in [9.17, 15) is 8.78 Å². The van der Waals surface area contributed by atoms with Crippen molar-refractivity contribution in [3.8, 4) is 11.5 Å². The molecule has 2 aromatic rings. The van der Waals surface area contributed by atoms with Gasteiger partial charge in [0.25, 0.3) is 0 Å². The Morgan fingerprint density at radius 2 is 1.68 bits per heavy atom. The summed E-state index contributed by atoms with van der Waals surface area (Å²) < 4.78 is 31.4. The van der Waals surface area contributed by atoms with Crippen molar-refractivity contribution in [1.29, 1.82) is 0 Å². The molecule has 0 aliphatic heterocycles. The number of halogens is 3. The molecule has 2 nitrogen and oxygen atoms in total. The van der Waals surface area contributed by atoms with Crippen LogP contribution in [0.3, 0.4) is 0 Å². The first-order valence-corrected chi connectivity index (χ1v) is 6.09. The van der Waals surface area contributed by atoms with E-state index in [2.05, 4.69) is 0 Å². The van der Waals surface area contributed by atoms with Crippen molar-refractivity contribution in [3.05, 3.63) is 58.6 Å². The second-order valence-electron chi connectivity index (χ2n) is 4.00. The van der Waals surface area contributed by atoms with Crippen molar-refractivity contribution in [2.75, 3.05) is 6.54 Å². The summed E-state index contributed by atoms with van der Waals surface area (Å²) in [5.74, 6) is -0.891. The molecule has 0 radical (unpaired) electrons. The summed E-state index contributed by atoms with van der Waals surface area (Å²) in [7, 11) is 0. The monoisotopic (exact) mass is 283 g/mol. The minimum absolute atomic E-state index is 0.0835. The number of ether oxygens (including phenoxy) is 1. The van der Waals surface area contributed by atoms with Crippen LogP contribution in [0.1, 0.15) is 5.56 Å². The van der Waals surface area contributed by atoms with Crippen molar-refractivity contribution in [2.45, 2.75) is 6.42 Å². The molecule has 2 rings (SSSR count). The van der Waals surface area contributed by atoms with Crippen molar-refractivity contribution in [3.63, 3.8) is 0 Å². The Morgan fingerprint density at radius 1 is 1.00 bits per heavy atom. The van der Waals surface area contributed by atoms with Crippen LogP contribution in [-0.4, -0.2) is 6.54 Å². The Bertz CT molecular complexity index is 569. The number of hydrogen-bond donors (Lipinski definition) is 1. The van der Waals surface area contributed by atoms with Gasteiger partial charge in [-0.25, -0.2) is 8.78 Å². The Labute approximate surface area is 114 Å². The average molecular weight is 284 g/mol. The zero-order chi connectivity index (χ0) is 13.8. The molecule has 0 saturated heterocycles. The summed E-state index contributed by atoms with van der Waals surface area (Å²) in [6.45, 7) is 0.495. The molecule has 19 heavy (non-hydrogen) atoms. The maximum atomic E-state index is 13.0. The number of rotatable bonds is 4. The van der Waals surface area contributed by atoms with Gasteiger partial charge in [-0.15, -0.1) is 0 Å². The predicted octanol–water partition coefficient (Wildman–Crippen LogP) is 3.91. The topological polar surface area (TPSA) is 35.2 Å². The zero-order valence-electron chi connectivity index (χ0n) is 10.00. The van der Waals surface area contributed by atoms with Crippen LogP contribution >= 0.6 is 11.6 Å². The maximum Gasteiger partial charge on any atom is 0.133 e. The summed E-state index contributed by atoms with van der Waals surface area (Å²) in [5.41, 5.74) is 6.36. The minimum atomic E-state index is -0.694. The average Bonchev–Trinajstić information content (AvgIpc) is 2.31. The van der Waals surface area contributed by atoms with Gasteiger partial charge in [0, 0.05) is 23.2 Å². The maximum absolute atomic E-state index is 13.0. The van der Waals surface area contributed by atoms with E-state index in [0.717, 1.165) is 23.8 Å². The molecule has 0 amide bonds. The van der Waals surface area contributed by atoms with E-state index < -0.39 is 11.6 Å². The van der Waals surface area contributed by atoms with Crippen LogP contribution in [0, 0.1) is 11.6 Å². The van der Waals surface area contributed by atoms with Gasteiger partial charge in [0.05, 0.1) is 0 Å². The molecule has 0 spiro atoms. The van der Waals surface area contributed by atoms with Gasteiger partial charge in [-0.3, -0.25) is 0 Å². The van der Waals surface area contributed by atoms with E-state index in [-0.39, 0.29) is 5.75 Å². The first-order valence-electron chi connectivity index (χ1n) is 5.71. The molecule has 0 saturated carbocycles. The molecule has 0 aliphatic rings. The molecule has 0 bridgehead atoms. The molecule has 0 fully saturated rings. The Kier molecular flexibility index (Phi) is 4.35. The summed E-state index contributed by atoms with van der Waals surface area (Å²) in [6.07, 6.45) is 0.660. The zero-order valence-corrected chi connectivity index (χ0v) is 10.8. The van der Waals surface area contributed by atoms with Crippen LogP contribution in [0.5, 0.6) is 11.5 Å². The van der Waals surface area contributed by atoms with Gasteiger partial charge in [-0.2, -0.15) is 0 Å². The molecule has 0 unspecified atom stereocenters. The van der Waals surface area contributed by atoms with Gasteiger partial charge in [-0.05, 0) is 30.7 Å². The van der Waals surface area contributed by atoms with Crippen LogP contribution in [-0.2, 0) is 6.42 Å². The van der Waals surface area contributed by atoms with E-state index in [1.165, 1.54) is 0 Å². The van der Waals surface area contributed by atoms with Crippen LogP contribution < -0.4 is 10.5 Å². The summed E-state index contributed by atoms with van der Waals surface area (Å²) in [6, 6.07) is 8.04. The van der Waals surface area contributed by atoms with Crippen LogP contribution in [0.4, 0.5) is 8.78 Å². The lowest BCUT2D eigenvalue weighted by molar-refractivity contribution is 0.468. The highest BCUT2D eigenvalue weighted by molar-refractivity contribution is 6.31. The van der Waals surface area contributed by atoms with Gasteiger partial charge in [0.1, 0.15) is 23.1 Å². The van der Waals surface area contributed by atoms with Gasteiger partial charge in [0.15, 0.2) is 0 Å². The Morgan fingerprint density at radius 3 is 2.26 bits per heavy atom. The highest BCUT2D eigenvalue weighted by atomic mass is 35.5. The smallest absolute Gasteiger partial charge is 0.133 e. The first-order chi connectivity index (χ1) is 9.08. The predicted molar refractivity (Wildman–Crippen MR) is 70.6 cm³/mol. The van der Waals surface area contributed by atoms with E-state index in [1.807, 2.05) is 0 Å². The van der Waals surface area contributed by atoms with Crippen LogP contribution in [0.15, 0.2) is 36.4 Å². The van der Waals surface area contributed by atoms with Crippen molar-refractivity contribution in [2.24, 2.45) is 5.73 Å². The van der Waals surface area contributed by atoms with Gasteiger partial charge in [0.2, 0.25) is 0 Å². The summed E-state index contributed by atoms with van der Waals surface area (Å²) in [4.78, 5) is 0. The van der Waals surface area contributed by atoms with Gasteiger partial charge >= 0.3 is 0 Å². The van der Waals surface area contributed by atoms with Gasteiger partial charge < -0.3 is 10.5 Å². The van der Waals surface area contributed by atoms with Crippen LogP contribution in [0.2, 0.25) is 5.02 Å². The normalized spacial score (nSPS) is 10.5. The largest absolute Gasteiger partial charge is 0.457 e. The van der Waals surface area contributed by atoms with Crippen molar-refractivity contribution < 1.29 is 13.5 Å². The Hall–Kier alpha value is -1.65. The lowest BCUT2D eigenvalue weighted by Crippen LogP contribution is -2.03. The number of nitrogens with two attached hydrogens (primary N) is 1. The fraction of sp³-hybridized carbons (Fsp3) is 0.143. The molecular formula is C14H12ClF2NO. The molecule has 100 valence electrons. The molecule has 0 aromatic heterocycles. The third-order valence-electron chi connectivity index (χ3n) is 2.51. The quantitative estimate of drug-likeness (QED) is 0.923. The molecule has 0 aliphatic carbocycles. The summed E-state index contributed by atoms with van der Waals surface area (Å²) >= 11 is 6.05. The highest BCUT2D eigenvalue weighted by Crippen LogP contribution is 2.27. The molecule has 0 atom stereocenters. The van der Waals surface area contributed by atoms with E-state index in [1.54, 1.807) is 18.2 Å². The van der Waals surface area contributed by atoms with E-state index in [4.69, 9.17) is 22.1 Å². The summed E-state index contributed by atoms with van der Waals surface area (Å²) in [5, 5.41) is 0.514. The molecule has 5 heteroatoms. The molecular weight excluding hydrogens is 272 g/mol. The van der Waals surface area contributed by atoms with Gasteiger partial charge in [-0.1, -0.05) is 17.7 Å². The van der Waals surface area contributed by atoms with E-state index in [0.29, 0.717) is 23.7 Å².